The standard InChI is InChI=1S/C23H20O4/c1-16-12-14-17(15-13-16)22(25)19-10-6-7-11-20(19)27-23(22,21(24)26-2)18-8-4-3-5-9-18/h3-15,25H,1-2H3/t22-,23-/m1/s1. The summed E-state index contributed by atoms with van der Waals surface area (Å²) in [6.45, 7) is 1.97. The van der Waals surface area contributed by atoms with Gasteiger partial charge in [-0.2, -0.15) is 0 Å². The van der Waals surface area contributed by atoms with E-state index >= 15 is 0 Å². The number of ether oxygens (including phenoxy) is 2. The molecular formula is C23H20O4. The monoisotopic (exact) mass is 360 g/mol. The van der Waals surface area contributed by atoms with Gasteiger partial charge < -0.3 is 14.6 Å². The van der Waals surface area contributed by atoms with E-state index in [4.69, 9.17) is 9.47 Å². The highest BCUT2D eigenvalue weighted by atomic mass is 16.6. The van der Waals surface area contributed by atoms with Crippen LogP contribution in [0.1, 0.15) is 22.3 Å². The molecule has 0 bridgehead atoms. The number of para-hydroxylation sites is 1. The number of rotatable bonds is 3. The molecule has 0 amide bonds. The number of benzene rings is 3. The Morgan fingerprint density at radius 2 is 1.52 bits per heavy atom. The van der Waals surface area contributed by atoms with Crippen LogP contribution in [0.2, 0.25) is 0 Å². The van der Waals surface area contributed by atoms with Crippen molar-refractivity contribution in [2.45, 2.75) is 18.1 Å². The molecule has 0 aromatic heterocycles. The highest BCUT2D eigenvalue weighted by Crippen LogP contribution is 2.56. The minimum atomic E-state index is -1.75. The van der Waals surface area contributed by atoms with Gasteiger partial charge in [0, 0.05) is 11.1 Å². The van der Waals surface area contributed by atoms with Crippen molar-refractivity contribution in [2.75, 3.05) is 7.11 Å². The van der Waals surface area contributed by atoms with Gasteiger partial charge in [-0.25, -0.2) is 4.79 Å². The fourth-order valence-corrected chi connectivity index (χ4v) is 3.83. The number of carbonyl (C=O) groups excluding carboxylic acids is 1. The third kappa shape index (κ3) is 2.30. The third-order valence-corrected chi connectivity index (χ3v) is 5.17. The Morgan fingerprint density at radius 1 is 0.889 bits per heavy atom. The lowest BCUT2D eigenvalue weighted by atomic mass is 9.71. The highest BCUT2D eigenvalue weighted by molar-refractivity contribution is 5.87. The van der Waals surface area contributed by atoms with Gasteiger partial charge in [0.1, 0.15) is 5.75 Å². The quantitative estimate of drug-likeness (QED) is 0.724. The summed E-state index contributed by atoms with van der Waals surface area (Å²) in [7, 11) is 1.30. The molecule has 2 atom stereocenters. The lowest BCUT2D eigenvalue weighted by Gasteiger charge is -2.39. The normalized spacial score (nSPS) is 23.4. The van der Waals surface area contributed by atoms with Crippen LogP contribution in [-0.2, 0) is 20.7 Å². The van der Waals surface area contributed by atoms with Crippen LogP contribution >= 0.6 is 0 Å². The molecule has 0 aliphatic carbocycles. The second-order valence-corrected chi connectivity index (χ2v) is 6.71. The number of aryl methyl sites for hydroxylation is 1. The average Bonchev–Trinajstić information content (AvgIpc) is 2.99. The van der Waals surface area contributed by atoms with Gasteiger partial charge in [0.25, 0.3) is 5.60 Å². The zero-order valence-electron chi connectivity index (χ0n) is 15.2. The molecule has 4 nitrogen and oxygen atoms in total. The molecule has 1 N–H and O–H groups in total. The van der Waals surface area contributed by atoms with E-state index < -0.39 is 17.2 Å². The largest absolute Gasteiger partial charge is 0.466 e. The van der Waals surface area contributed by atoms with Crippen LogP contribution in [0, 0.1) is 6.92 Å². The fourth-order valence-electron chi connectivity index (χ4n) is 3.83. The van der Waals surface area contributed by atoms with Crippen molar-refractivity contribution < 1.29 is 19.4 Å². The van der Waals surface area contributed by atoms with Gasteiger partial charge in [-0.15, -0.1) is 0 Å². The van der Waals surface area contributed by atoms with Gasteiger partial charge in [-0.05, 0) is 18.6 Å². The predicted molar refractivity (Wildman–Crippen MR) is 101 cm³/mol. The maximum absolute atomic E-state index is 13.2. The molecule has 3 aromatic carbocycles. The van der Waals surface area contributed by atoms with Gasteiger partial charge in [0.05, 0.1) is 7.11 Å². The van der Waals surface area contributed by atoms with Crippen LogP contribution in [0.15, 0.2) is 78.9 Å². The van der Waals surface area contributed by atoms with Crippen LogP contribution in [-0.4, -0.2) is 18.2 Å². The molecule has 0 fully saturated rings. The van der Waals surface area contributed by atoms with Crippen LogP contribution in [0.4, 0.5) is 0 Å². The van der Waals surface area contributed by atoms with Crippen LogP contribution < -0.4 is 4.74 Å². The second kappa shape index (κ2) is 6.25. The van der Waals surface area contributed by atoms with Crippen molar-refractivity contribution in [2.24, 2.45) is 0 Å². The number of hydrogen-bond donors (Lipinski definition) is 1. The number of carbonyl (C=O) groups is 1. The van der Waals surface area contributed by atoms with Gasteiger partial charge in [-0.1, -0.05) is 78.4 Å². The SMILES string of the molecule is COC(=O)[C@@]1(c2ccccc2)Oc2ccccc2[C@]1(O)c1ccc(C)cc1. The maximum atomic E-state index is 13.2. The Bertz CT molecular complexity index is 981. The molecule has 0 unspecified atom stereocenters. The third-order valence-electron chi connectivity index (χ3n) is 5.17. The zero-order chi connectivity index (χ0) is 19.1. The van der Waals surface area contributed by atoms with E-state index in [1.165, 1.54) is 7.11 Å². The van der Waals surface area contributed by atoms with E-state index in [-0.39, 0.29) is 0 Å². The van der Waals surface area contributed by atoms with Crippen molar-refractivity contribution in [1.29, 1.82) is 0 Å². The summed E-state index contributed by atoms with van der Waals surface area (Å²) < 4.78 is 11.3. The number of hydrogen-bond acceptors (Lipinski definition) is 4. The second-order valence-electron chi connectivity index (χ2n) is 6.71. The molecule has 0 saturated carbocycles. The summed E-state index contributed by atoms with van der Waals surface area (Å²) in [5, 5.41) is 12.1. The number of methoxy groups -OCH3 is 1. The van der Waals surface area contributed by atoms with E-state index in [9.17, 15) is 9.90 Å². The molecule has 136 valence electrons. The molecule has 4 rings (SSSR count). The zero-order valence-corrected chi connectivity index (χ0v) is 15.2. The van der Waals surface area contributed by atoms with E-state index in [0.717, 1.165) is 5.56 Å². The van der Waals surface area contributed by atoms with Gasteiger partial charge in [0.2, 0.25) is 0 Å². The lowest BCUT2D eigenvalue weighted by Crippen LogP contribution is -2.55. The van der Waals surface area contributed by atoms with Gasteiger partial charge in [-0.3, -0.25) is 0 Å². The van der Waals surface area contributed by atoms with E-state index in [1.807, 2.05) is 61.5 Å². The molecule has 1 heterocycles. The molecule has 3 aromatic rings. The molecule has 0 radical (unpaired) electrons. The Balaban J connectivity index is 2.08. The summed E-state index contributed by atoms with van der Waals surface area (Å²) in [4.78, 5) is 13.2. The summed E-state index contributed by atoms with van der Waals surface area (Å²) in [5.41, 5.74) is -0.822. The summed E-state index contributed by atoms with van der Waals surface area (Å²) >= 11 is 0. The van der Waals surface area contributed by atoms with Gasteiger partial charge in [0.15, 0.2) is 5.60 Å². The Hall–Kier alpha value is -3.11. The smallest absolute Gasteiger partial charge is 0.358 e. The Morgan fingerprint density at radius 3 is 2.19 bits per heavy atom. The van der Waals surface area contributed by atoms with Crippen LogP contribution in [0.25, 0.3) is 0 Å². The average molecular weight is 360 g/mol. The first kappa shape index (κ1) is 17.3. The number of fused-ring (bicyclic) bond motifs is 1. The summed E-state index contributed by atoms with van der Waals surface area (Å²) in [5.74, 6) is -0.206. The van der Waals surface area contributed by atoms with Crippen molar-refractivity contribution in [1.82, 2.24) is 0 Å². The first-order valence-corrected chi connectivity index (χ1v) is 8.76. The summed E-state index contributed by atoms with van der Waals surface area (Å²) in [6, 6.07) is 23.6. The fraction of sp³-hybridized carbons (Fsp3) is 0.174. The molecule has 27 heavy (non-hydrogen) atoms. The van der Waals surface area contributed by atoms with Crippen LogP contribution in [0.3, 0.4) is 0 Å². The molecule has 4 heteroatoms. The Labute approximate surface area is 158 Å². The van der Waals surface area contributed by atoms with Crippen molar-refractivity contribution in [3.8, 4) is 5.75 Å². The highest BCUT2D eigenvalue weighted by Gasteiger charge is 2.67. The number of esters is 1. The summed E-state index contributed by atoms with van der Waals surface area (Å²) in [6.07, 6.45) is 0. The first-order chi connectivity index (χ1) is 13.0. The van der Waals surface area contributed by atoms with E-state index in [1.54, 1.807) is 24.3 Å². The van der Waals surface area contributed by atoms with Crippen molar-refractivity contribution in [3.63, 3.8) is 0 Å². The minimum Gasteiger partial charge on any atom is -0.466 e. The minimum absolute atomic E-state index is 0.454. The van der Waals surface area contributed by atoms with E-state index in [0.29, 0.717) is 22.4 Å². The lowest BCUT2D eigenvalue weighted by molar-refractivity contribution is -0.179. The van der Waals surface area contributed by atoms with Gasteiger partial charge >= 0.3 is 5.97 Å². The van der Waals surface area contributed by atoms with Crippen molar-refractivity contribution >= 4 is 5.97 Å². The molecule has 1 aliphatic rings. The molecule has 0 spiro atoms. The molecule has 0 saturated heterocycles. The van der Waals surface area contributed by atoms with Crippen molar-refractivity contribution in [3.05, 3.63) is 101 Å². The van der Waals surface area contributed by atoms with Crippen LogP contribution in [0.5, 0.6) is 5.75 Å². The number of aliphatic hydroxyl groups is 1. The molecule has 1 aliphatic heterocycles. The Kier molecular flexibility index (Phi) is 4.01. The van der Waals surface area contributed by atoms with E-state index in [2.05, 4.69) is 0 Å². The molecular weight excluding hydrogens is 340 g/mol. The first-order valence-electron chi connectivity index (χ1n) is 8.76. The predicted octanol–water partition coefficient (Wildman–Crippen LogP) is 3.69. The maximum Gasteiger partial charge on any atom is 0.358 e. The topological polar surface area (TPSA) is 55.8 Å².